The maximum atomic E-state index is 11.6. The van der Waals surface area contributed by atoms with Crippen molar-refractivity contribution < 1.29 is 8.42 Å². The summed E-state index contributed by atoms with van der Waals surface area (Å²) in [4.78, 5) is 3.61. The van der Waals surface area contributed by atoms with Gasteiger partial charge >= 0.3 is 0 Å². The van der Waals surface area contributed by atoms with E-state index in [2.05, 4.69) is 23.3 Å². The first-order valence-electron chi connectivity index (χ1n) is 6.79. The number of sulfonamides is 1. The van der Waals surface area contributed by atoms with Crippen LogP contribution in [-0.4, -0.2) is 56.1 Å². The van der Waals surface area contributed by atoms with Crippen molar-refractivity contribution in [2.45, 2.75) is 25.9 Å². The van der Waals surface area contributed by atoms with Crippen LogP contribution in [0.15, 0.2) is 11.4 Å². The van der Waals surface area contributed by atoms with Crippen LogP contribution in [0.5, 0.6) is 0 Å². The highest BCUT2D eigenvalue weighted by Gasteiger charge is 2.31. The Kier molecular flexibility index (Phi) is 4.86. The molecule has 1 aromatic rings. The monoisotopic (exact) mass is 317 g/mol. The molecule has 114 valence electrons. The maximum absolute atomic E-state index is 11.6. The molecule has 2 heterocycles. The van der Waals surface area contributed by atoms with Crippen molar-refractivity contribution in [3.05, 3.63) is 21.9 Å². The quantitative estimate of drug-likeness (QED) is 0.900. The molecule has 7 heteroatoms. The van der Waals surface area contributed by atoms with Crippen molar-refractivity contribution in [2.24, 2.45) is 5.73 Å². The van der Waals surface area contributed by atoms with Gasteiger partial charge < -0.3 is 5.73 Å². The lowest BCUT2D eigenvalue weighted by Crippen LogP contribution is -2.52. The standard InChI is InChI=1S/C13H23N3O2S2/c1-10-4-9-19-13(10)12(11(2)14)15-5-7-16(8-6-15)20(3,17)18/h4,9,11-12H,5-8,14H2,1-3H3. The molecule has 0 saturated carbocycles. The van der Waals surface area contributed by atoms with Gasteiger partial charge in [-0.3, -0.25) is 4.90 Å². The summed E-state index contributed by atoms with van der Waals surface area (Å²) in [6, 6.07) is 2.32. The zero-order valence-electron chi connectivity index (χ0n) is 12.2. The van der Waals surface area contributed by atoms with Crippen LogP contribution >= 0.6 is 11.3 Å². The first-order valence-corrected chi connectivity index (χ1v) is 9.52. The Morgan fingerprint density at radius 1 is 1.30 bits per heavy atom. The first kappa shape index (κ1) is 15.9. The smallest absolute Gasteiger partial charge is 0.211 e. The van der Waals surface area contributed by atoms with Gasteiger partial charge in [-0.05, 0) is 30.9 Å². The molecule has 0 aromatic carbocycles. The van der Waals surface area contributed by atoms with Gasteiger partial charge in [0.2, 0.25) is 10.0 Å². The number of hydrogen-bond acceptors (Lipinski definition) is 5. The second kappa shape index (κ2) is 6.11. The van der Waals surface area contributed by atoms with Gasteiger partial charge in [0.1, 0.15) is 0 Å². The minimum absolute atomic E-state index is 0.0251. The van der Waals surface area contributed by atoms with Crippen LogP contribution in [0.25, 0.3) is 0 Å². The average Bonchev–Trinajstić information content (AvgIpc) is 2.75. The number of aryl methyl sites for hydroxylation is 1. The van der Waals surface area contributed by atoms with E-state index in [1.807, 2.05) is 6.92 Å². The largest absolute Gasteiger partial charge is 0.326 e. The normalized spacial score (nSPS) is 21.8. The van der Waals surface area contributed by atoms with Gasteiger partial charge in [-0.15, -0.1) is 11.3 Å². The lowest BCUT2D eigenvalue weighted by atomic mass is 10.0. The summed E-state index contributed by atoms with van der Waals surface area (Å²) in [6.45, 7) is 6.69. The molecule has 1 aliphatic heterocycles. The summed E-state index contributed by atoms with van der Waals surface area (Å²) >= 11 is 1.73. The number of nitrogens with zero attached hydrogens (tertiary/aromatic N) is 2. The van der Waals surface area contributed by atoms with Crippen LogP contribution in [0.1, 0.15) is 23.4 Å². The van der Waals surface area contributed by atoms with Crippen molar-refractivity contribution in [3.63, 3.8) is 0 Å². The molecule has 0 spiro atoms. The molecule has 1 saturated heterocycles. The van der Waals surface area contributed by atoms with Crippen molar-refractivity contribution in [2.75, 3.05) is 32.4 Å². The van der Waals surface area contributed by atoms with Gasteiger partial charge in [0, 0.05) is 37.1 Å². The Labute approximate surface area is 125 Å². The Balaban J connectivity index is 2.12. The maximum Gasteiger partial charge on any atom is 0.211 e. The second-order valence-corrected chi connectivity index (χ2v) is 8.40. The van der Waals surface area contributed by atoms with E-state index in [0.29, 0.717) is 13.1 Å². The lowest BCUT2D eigenvalue weighted by Gasteiger charge is -2.39. The summed E-state index contributed by atoms with van der Waals surface area (Å²) in [5.74, 6) is 0. The summed E-state index contributed by atoms with van der Waals surface area (Å²) in [6.07, 6.45) is 1.27. The van der Waals surface area contributed by atoms with E-state index in [4.69, 9.17) is 5.73 Å². The van der Waals surface area contributed by atoms with Crippen molar-refractivity contribution in [1.29, 1.82) is 0 Å². The fourth-order valence-corrected chi connectivity index (χ4v) is 4.74. The molecule has 1 aromatic heterocycles. The molecule has 2 rings (SSSR count). The Bertz CT molecular complexity index is 546. The highest BCUT2D eigenvalue weighted by Crippen LogP contribution is 2.31. The topological polar surface area (TPSA) is 66.6 Å². The fourth-order valence-electron chi connectivity index (χ4n) is 2.74. The molecule has 2 unspecified atom stereocenters. The number of piperazine rings is 1. The van der Waals surface area contributed by atoms with E-state index in [1.54, 1.807) is 15.6 Å². The average molecular weight is 317 g/mol. The minimum Gasteiger partial charge on any atom is -0.326 e. The fraction of sp³-hybridized carbons (Fsp3) is 0.692. The number of nitrogens with two attached hydrogens (primary N) is 1. The van der Waals surface area contributed by atoms with E-state index < -0.39 is 10.0 Å². The number of hydrogen-bond donors (Lipinski definition) is 1. The Morgan fingerprint density at radius 2 is 1.90 bits per heavy atom. The predicted molar refractivity (Wildman–Crippen MR) is 83.4 cm³/mol. The molecule has 0 bridgehead atoms. The summed E-state index contributed by atoms with van der Waals surface area (Å²) in [7, 11) is -3.08. The molecule has 0 aliphatic carbocycles. The van der Waals surface area contributed by atoms with E-state index in [-0.39, 0.29) is 12.1 Å². The predicted octanol–water partition coefficient (Wildman–Crippen LogP) is 1.02. The van der Waals surface area contributed by atoms with Crippen LogP contribution in [-0.2, 0) is 10.0 Å². The van der Waals surface area contributed by atoms with Gasteiger partial charge in [0.05, 0.1) is 12.3 Å². The van der Waals surface area contributed by atoms with Crippen LogP contribution in [0.2, 0.25) is 0 Å². The summed E-state index contributed by atoms with van der Waals surface area (Å²) in [5, 5.41) is 2.09. The van der Waals surface area contributed by atoms with E-state index in [1.165, 1.54) is 16.7 Å². The summed E-state index contributed by atoms with van der Waals surface area (Å²) in [5.41, 5.74) is 7.45. The van der Waals surface area contributed by atoms with E-state index in [9.17, 15) is 8.42 Å². The van der Waals surface area contributed by atoms with Crippen LogP contribution in [0.3, 0.4) is 0 Å². The summed E-state index contributed by atoms with van der Waals surface area (Å²) < 4.78 is 24.7. The van der Waals surface area contributed by atoms with E-state index >= 15 is 0 Å². The van der Waals surface area contributed by atoms with E-state index in [0.717, 1.165) is 13.1 Å². The van der Waals surface area contributed by atoms with Gasteiger partial charge in [-0.1, -0.05) is 0 Å². The molecule has 20 heavy (non-hydrogen) atoms. The van der Waals surface area contributed by atoms with Crippen LogP contribution < -0.4 is 5.73 Å². The molecular formula is C13H23N3O2S2. The molecule has 2 N–H and O–H groups in total. The van der Waals surface area contributed by atoms with Gasteiger partial charge in [0.15, 0.2) is 0 Å². The first-order chi connectivity index (χ1) is 9.30. The molecule has 2 atom stereocenters. The highest BCUT2D eigenvalue weighted by molar-refractivity contribution is 7.88. The highest BCUT2D eigenvalue weighted by atomic mass is 32.2. The van der Waals surface area contributed by atoms with Gasteiger partial charge in [-0.25, -0.2) is 8.42 Å². The lowest BCUT2D eigenvalue weighted by molar-refractivity contribution is 0.125. The minimum atomic E-state index is -3.08. The Hall–Kier alpha value is -0.470. The Morgan fingerprint density at radius 3 is 2.30 bits per heavy atom. The van der Waals surface area contributed by atoms with Gasteiger partial charge in [-0.2, -0.15) is 4.31 Å². The molecule has 1 fully saturated rings. The van der Waals surface area contributed by atoms with Crippen LogP contribution in [0, 0.1) is 6.92 Å². The molecule has 0 radical (unpaired) electrons. The molecular weight excluding hydrogens is 294 g/mol. The zero-order chi connectivity index (χ0) is 14.9. The van der Waals surface area contributed by atoms with Crippen molar-refractivity contribution in [1.82, 2.24) is 9.21 Å². The van der Waals surface area contributed by atoms with Crippen molar-refractivity contribution >= 4 is 21.4 Å². The molecule has 1 aliphatic rings. The SMILES string of the molecule is Cc1ccsc1C(C(C)N)N1CCN(S(C)(=O)=O)CC1. The molecule has 5 nitrogen and oxygen atoms in total. The third kappa shape index (κ3) is 3.40. The molecule has 0 amide bonds. The third-order valence-corrected chi connectivity index (χ3v) is 6.20. The zero-order valence-corrected chi connectivity index (χ0v) is 13.9. The van der Waals surface area contributed by atoms with Crippen molar-refractivity contribution in [3.8, 4) is 0 Å². The number of thiophene rings is 1. The third-order valence-electron chi connectivity index (χ3n) is 3.80. The second-order valence-electron chi connectivity index (χ2n) is 5.47. The number of rotatable bonds is 4. The van der Waals surface area contributed by atoms with Crippen LogP contribution in [0.4, 0.5) is 0 Å². The van der Waals surface area contributed by atoms with Gasteiger partial charge in [0.25, 0.3) is 0 Å².